The summed E-state index contributed by atoms with van der Waals surface area (Å²) in [6, 6.07) is 1.02. The number of aliphatic carboxylic acids is 1. The van der Waals surface area contributed by atoms with E-state index in [9.17, 15) is 28.1 Å². The van der Waals surface area contributed by atoms with Gasteiger partial charge in [0.1, 0.15) is 12.2 Å². The van der Waals surface area contributed by atoms with E-state index in [1.807, 2.05) is 0 Å². The van der Waals surface area contributed by atoms with Gasteiger partial charge in [-0.3, -0.25) is 14.9 Å². The molecule has 0 fully saturated rings. The Hall–Kier alpha value is -2.03. The largest absolute Gasteiger partial charge is 0.480 e. The fourth-order valence-electron chi connectivity index (χ4n) is 1.51. The lowest BCUT2D eigenvalue weighted by molar-refractivity contribution is -0.384. The number of carboxylic acids is 1. The molecule has 110 valence electrons. The zero-order valence-corrected chi connectivity index (χ0v) is 10.7. The molecule has 1 rings (SSSR count). The van der Waals surface area contributed by atoms with Gasteiger partial charge in [0.25, 0.3) is 5.69 Å². The molecule has 6 nitrogen and oxygen atoms in total. The number of carboxylic acid groups (broad SMARTS) is 1. The zero-order chi connectivity index (χ0) is 15.7. The van der Waals surface area contributed by atoms with Gasteiger partial charge < -0.3 is 10.0 Å². The van der Waals surface area contributed by atoms with Gasteiger partial charge >= 0.3 is 12.1 Å². The Morgan fingerprint density at radius 1 is 1.50 bits per heavy atom. The van der Waals surface area contributed by atoms with Crippen molar-refractivity contribution < 1.29 is 28.0 Å². The van der Waals surface area contributed by atoms with Gasteiger partial charge in [0.05, 0.1) is 15.5 Å². The molecule has 0 aliphatic rings. The van der Waals surface area contributed by atoms with Gasteiger partial charge in [0.2, 0.25) is 0 Å². The van der Waals surface area contributed by atoms with Gasteiger partial charge in [0.15, 0.2) is 0 Å². The lowest BCUT2D eigenvalue weighted by Gasteiger charge is -2.18. The molecule has 0 radical (unpaired) electrons. The van der Waals surface area contributed by atoms with Crippen LogP contribution in [0.1, 0.15) is 5.56 Å². The van der Waals surface area contributed by atoms with E-state index in [4.69, 9.17) is 16.7 Å². The molecule has 20 heavy (non-hydrogen) atoms. The number of hydrogen-bond acceptors (Lipinski definition) is 4. The van der Waals surface area contributed by atoms with Crippen LogP contribution in [0.5, 0.6) is 0 Å². The Morgan fingerprint density at radius 3 is 2.45 bits per heavy atom. The topological polar surface area (TPSA) is 83.7 Å². The van der Waals surface area contributed by atoms with Crippen LogP contribution in [-0.2, 0) is 11.0 Å². The molecule has 0 atom stereocenters. The Balaban J connectivity index is 3.43. The number of anilines is 1. The van der Waals surface area contributed by atoms with Gasteiger partial charge in [-0.2, -0.15) is 13.2 Å². The van der Waals surface area contributed by atoms with Crippen molar-refractivity contribution in [2.45, 2.75) is 6.18 Å². The number of benzene rings is 1. The van der Waals surface area contributed by atoms with Crippen molar-refractivity contribution in [3.8, 4) is 0 Å². The third-order valence-corrected chi connectivity index (χ3v) is 2.66. The van der Waals surface area contributed by atoms with Crippen LogP contribution in [0, 0.1) is 10.1 Å². The maximum Gasteiger partial charge on any atom is 0.418 e. The Kier molecular flexibility index (Phi) is 4.43. The first-order chi connectivity index (χ1) is 9.04. The van der Waals surface area contributed by atoms with Gasteiger partial charge in [-0.05, 0) is 6.07 Å². The Labute approximate surface area is 115 Å². The first-order valence-corrected chi connectivity index (χ1v) is 5.40. The van der Waals surface area contributed by atoms with Crippen LogP contribution in [0.2, 0.25) is 5.02 Å². The van der Waals surface area contributed by atoms with Crippen molar-refractivity contribution in [3.05, 3.63) is 32.8 Å². The highest BCUT2D eigenvalue weighted by Crippen LogP contribution is 2.41. The van der Waals surface area contributed by atoms with Crippen molar-refractivity contribution in [3.63, 3.8) is 0 Å². The van der Waals surface area contributed by atoms with Gasteiger partial charge in [-0.15, -0.1) is 0 Å². The lowest BCUT2D eigenvalue weighted by atomic mass is 10.1. The number of rotatable bonds is 4. The summed E-state index contributed by atoms with van der Waals surface area (Å²) in [5.74, 6) is -1.29. The third kappa shape index (κ3) is 3.50. The second-order valence-corrected chi connectivity index (χ2v) is 4.23. The number of nitro benzene ring substituents is 1. The first kappa shape index (κ1) is 16.0. The summed E-state index contributed by atoms with van der Waals surface area (Å²) in [5.41, 5.74) is -2.53. The van der Waals surface area contributed by atoms with Crippen molar-refractivity contribution in [1.29, 1.82) is 0 Å². The summed E-state index contributed by atoms with van der Waals surface area (Å²) in [5, 5.41) is 18.7. The van der Waals surface area contributed by atoms with E-state index >= 15 is 0 Å². The van der Waals surface area contributed by atoms with E-state index in [0.717, 1.165) is 11.0 Å². The second kappa shape index (κ2) is 5.53. The molecule has 1 aromatic carbocycles. The van der Waals surface area contributed by atoms with E-state index in [-0.39, 0.29) is 11.8 Å². The first-order valence-electron chi connectivity index (χ1n) is 5.02. The number of hydrogen-bond donors (Lipinski definition) is 1. The van der Waals surface area contributed by atoms with Crippen molar-refractivity contribution in [2.75, 3.05) is 18.5 Å². The quantitative estimate of drug-likeness (QED) is 0.682. The average Bonchev–Trinajstić information content (AvgIpc) is 2.25. The molecular weight excluding hydrogens is 305 g/mol. The molecule has 0 heterocycles. The van der Waals surface area contributed by atoms with Crippen molar-refractivity contribution in [1.82, 2.24) is 0 Å². The van der Waals surface area contributed by atoms with Crippen LogP contribution in [-0.4, -0.2) is 29.6 Å². The molecule has 0 aliphatic heterocycles. The predicted octanol–water partition coefficient (Wildman–Crippen LogP) is 2.79. The summed E-state index contributed by atoms with van der Waals surface area (Å²) >= 11 is 5.45. The van der Waals surface area contributed by atoms with E-state index in [0.29, 0.717) is 0 Å². The lowest BCUT2D eigenvalue weighted by Crippen LogP contribution is -2.26. The number of halogens is 4. The summed E-state index contributed by atoms with van der Waals surface area (Å²) in [6.07, 6.45) is -4.84. The molecule has 0 bridgehead atoms. The molecule has 0 saturated heterocycles. The van der Waals surface area contributed by atoms with Crippen LogP contribution in [0.3, 0.4) is 0 Å². The van der Waals surface area contributed by atoms with Gasteiger partial charge in [-0.25, -0.2) is 0 Å². The average molecular weight is 313 g/mol. The van der Waals surface area contributed by atoms with Crippen LogP contribution in [0.4, 0.5) is 24.5 Å². The van der Waals surface area contributed by atoms with E-state index in [1.54, 1.807) is 0 Å². The normalized spacial score (nSPS) is 11.2. The smallest absolute Gasteiger partial charge is 0.418 e. The number of nitrogens with zero attached hydrogens (tertiary/aromatic N) is 2. The summed E-state index contributed by atoms with van der Waals surface area (Å²) in [7, 11) is 1.19. The minimum atomic E-state index is -4.84. The molecule has 0 unspecified atom stereocenters. The highest BCUT2D eigenvalue weighted by Gasteiger charge is 2.36. The van der Waals surface area contributed by atoms with Crippen LogP contribution < -0.4 is 4.90 Å². The van der Waals surface area contributed by atoms with Gasteiger partial charge in [-0.1, -0.05) is 11.6 Å². The maximum atomic E-state index is 12.6. The van der Waals surface area contributed by atoms with Crippen LogP contribution in [0.25, 0.3) is 0 Å². The predicted molar refractivity (Wildman–Crippen MR) is 64.0 cm³/mol. The SMILES string of the molecule is CN(CC(=O)O)c1cc(Cl)c(C(F)(F)F)cc1[N+](=O)[O-]. The molecule has 0 amide bonds. The fourth-order valence-corrected chi connectivity index (χ4v) is 1.77. The van der Waals surface area contributed by atoms with E-state index < -0.39 is 39.9 Å². The molecule has 0 spiro atoms. The number of carbonyl (C=O) groups is 1. The minimum Gasteiger partial charge on any atom is -0.480 e. The number of alkyl halides is 3. The Morgan fingerprint density at radius 2 is 2.05 bits per heavy atom. The molecule has 0 aromatic heterocycles. The van der Waals surface area contributed by atoms with Crippen molar-refractivity contribution >= 4 is 28.9 Å². The summed E-state index contributed by atoms with van der Waals surface area (Å²) in [6.45, 7) is -0.622. The zero-order valence-electron chi connectivity index (χ0n) is 9.94. The third-order valence-electron chi connectivity index (χ3n) is 2.35. The standard InChI is InChI=1S/C10H8ClF3N2O4/c1-15(4-9(17)18)7-3-6(11)5(10(12,13)14)2-8(7)16(19)20/h2-3H,4H2,1H3,(H,17,18). The molecule has 1 aromatic rings. The highest BCUT2D eigenvalue weighted by atomic mass is 35.5. The molecule has 0 saturated carbocycles. The molecular formula is C10H8ClF3N2O4. The number of likely N-dealkylation sites (N-methyl/N-ethyl adjacent to an activating group) is 1. The molecule has 0 aliphatic carbocycles. The molecule has 10 heteroatoms. The van der Waals surface area contributed by atoms with Crippen LogP contribution >= 0.6 is 11.6 Å². The summed E-state index contributed by atoms with van der Waals surface area (Å²) in [4.78, 5) is 21.3. The Bertz CT molecular complexity index is 562. The second-order valence-electron chi connectivity index (χ2n) is 3.83. The van der Waals surface area contributed by atoms with Crippen molar-refractivity contribution in [2.24, 2.45) is 0 Å². The number of nitro groups is 1. The summed E-state index contributed by atoms with van der Waals surface area (Å²) < 4.78 is 37.9. The maximum absolute atomic E-state index is 12.6. The molecule has 1 N–H and O–H groups in total. The van der Waals surface area contributed by atoms with E-state index in [1.165, 1.54) is 7.05 Å². The highest BCUT2D eigenvalue weighted by molar-refractivity contribution is 6.31. The van der Waals surface area contributed by atoms with Gasteiger partial charge in [0, 0.05) is 13.1 Å². The monoisotopic (exact) mass is 312 g/mol. The minimum absolute atomic E-state index is 0.288. The fraction of sp³-hybridized carbons (Fsp3) is 0.300. The van der Waals surface area contributed by atoms with E-state index in [2.05, 4.69) is 0 Å². The van der Waals surface area contributed by atoms with Crippen LogP contribution in [0.15, 0.2) is 12.1 Å².